The Bertz CT molecular complexity index is 781. The minimum atomic E-state index is -0.169. The predicted octanol–water partition coefficient (Wildman–Crippen LogP) is 2.60. The van der Waals surface area contributed by atoms with Crippen molar-refractivity contribution >= 4 is 5.91 Å². The number of nitrogens with one attached hydrogen (secondary N) is 2. The summed E-state index contributed by atoms with van der Waals surface area (Å²) in [6, 6.07) is 7.55. The van der Waals surface area contributed by atoms with Crippen LogP contribution in [0, 0.1) is 13.8 Å². The van der Waals surface area contributed by atoms with Crippen molar-refractivity contribution in [3.8, 4) is 5.75 Å². The molecule has 0 aliphatic carbocycles. The molecule has 134 valence electrons. The van der Waals surface area contributed by atoms with Gasteiger partial charge < -0.3 is 15.0 Å². The Morgan fingerprint density at radius 2 is 1.96 bits per heavy atom. The minimum absolute atomic E-state index is 0.0965. The number of hydrogen-bond acceptors (Lipinski definition) is 4. The van der Waals surface area contributed by atoms with Crippen LogP contribution in [0.3, 0.4) is 0 Å². The number of aromatic amines is 1. The van der Waals surface area contributed by atoms with Crippen LogP contribution in [0.4, 0.5) is 0 Å². The van der Waals surface area contributed by atoms with E-state index in [1.165, 1.54) is 0 Å². The van der Waals surface area contributed by atoms with Crippen LogP contribution >= 0.6 is 0 Å². The topological polar surface area (TPSA) is 84.1 Å². The highest BCUT2D eigenvalue weighted by Gasteiger charge is 2.12. The fourth-order valence-corrected chi connectivity index (χ4v) is 2.70. The molecule has 2 aromatic rings. The number of nitrogens with zero attached hydrogens (tertiary/aromatic N) is 1. The van der Waals surface area contributed by atoms with Crippen LogP contribution in [0.25, 0.3) is 0 Å². The number of aryl methyl sites for hydroxylation is 2. The molecule has 1 atom stereocenters. The molecule has 6 heteroatoms. The SMILES string of the molecule is CCOc1ccc(C(C)NC(=O)CCc2c(C)nc(C)[nH]c2=O)cc1. The summed E-state index contributed by atoms with van der Waals surface area (Å²) in [5.41, 5.74) is 2.07. The number of H-pyrrole nitrogens is 1. The van der Waals surface area contributed by atoms with Gasteiger partial charge in [-0.15, -0.1) is 0 Å². The van der Waals surface area contributed by atoms with E-state index in [9.17, 15) is 9.59 Å². The van der Waals surface area contributed by atoms with Gasteiger partial charge in [0.05, 0.1) is 12.6 Å². The van der Waals surface area contributed by atoms with Gasteiger partial charge in [-0.1, -0.05) is 12.1 Å². The molecule has 2 N–H and O–H groups in total. The molecule has 0 aliphatic heterocycles. The van der Waals surface area contributed by atoms with E-state index in [0.29, 0.717) is 30.1 Å². The Kier molecular flexibility index (Phi) is 6.33. The maximum absolute atomic E-state index is 12.2. The van der Waals surface area contributed by atoms with Gasteiger partial charge in [0.15, 0.2) is 0 Å². The Morgan fingerprint density at radius 1 is 1.28 bits per heavy atom. The third-order valence-electron chi connectivity index (χ3n) is 4.01. The lowest BCUT2D eigenvalue weighted by Crippen LogP contribution is -2.28. The van der Waals surface area contributed by atoms with Crippen LogP contribution in [0.1, 0.15) is 49.0 Å². The highest BCUT2D eigenvalue weighted by molar-refractivity contribution is 5.76. The van der Waals surface area contributed by atoms with Gasteiger partial charge in [-0.2, -0.15) is 0 Å². The van der Waals surface area contributed by atoms with Crippen molar-refractivity contribution in [1.29, 1.82) is 0 Å². The molecule has 6 nitrogen and oxygen atoms in total. The molecule has 0 bridgehead atoms. The van der Waals surface area contributed by atoms with E-state index < -0.39 is 0 Å². The normalized spacial score (nSPS) is 11.8. The second kappa shape index (κ2) is 8.46. The predicted molar refractivity (Wildman–Crippen MR) is 96.8 cm³/mol. The van der Waals surface area contributed by atoms with Gasteiger partial charge in [-0.05, 0) is 51.8 Å². The summed E-state index contributed by atoms with van der Waals surface area (Å²) >= 11 is 0. The van der Waals surface area contributed by atoms with E-state index in [1.54, 1.807) is 13.8 Å². The molecular formula is C19H25N3O3. The molecule has 1 heterocycles. The van der Waals surface area contributed by atoms with Crippen molar-refractivity contribution in [2.45, 2.75) is 46.6 Å². The quantitative estimate of drug-likeness (QED) is 0.809. The lowest BCUT2D eigenvalue weighted by Gasteiger charge is -2.15. The maximum Gasteiger partial charge on any atom is 0.254 e. The van der Waals surface area contributed by atoms with Gasteiger partial charge in [0.1, 0.15) is 11.6 Å². The Labute approximate surface area is 147 Å². The van der Waals surface area contributed by atoms with E-state index in [0.717, 1.165) is 11.3 Å². The second-order valence-electron chi connectivity index (χ2n) is 6.01. The number of amides is 1. The average molecular weight is 343 g/mol. The highest BCUT2D eigenvalue weighted by atomic mass is 16.5. The molecule has 1 unspecified atom stereocenters. The van der Waals surface area contributed by atoms with Crippen molar-refractivity contribution in [1.82, 2.24) is 15.3 Å². The lowest BCUT2D eigenvalue weighted by molar-refractivity contribution is -0.121. The molecule has 0 saturated carbocycles. The molecule has 1 amide bonds. The minimum Gasteiger partial charge on any atom is -0.494 e. The lowest BCUT2D eigenvalue weighted by atomic mass is 10.1. The third kappa shape index (κ3) is 5.17. The number of benzene rings is 1. The molecule has 2 rings (SSSR count). The summed E-state index contributed by atoms with van der Waals surface area (Å²) < 4.78 is 5.41. The van der Waals surface area contributed by atoms with E-state index in [2.05, 4.69) is 15.3 Å². The van der Waals surface area contributed by atoms with Crippen LogP contribution < -0.4 is 15.6 Å². The summed E-state index contributed by atoms with van der Waals surface area (Å²) in [7, 11) is 0. The third-order valence-corrected chi connectivity index (χ3v) is 4.01. The number of rotatable bonds is 7. The van der Waals surface area contributed by atoms with Crippen LogP contribution in [0.15, 0.2) is 29.1 Å². The van der Waals surface area contributed by atoms with Crippen molar-refractivity contribution in [2.75, 3.05) is 6.61 Å². The number of aromatic nitrogens is 2. The Morgan fingerprint density at radius 3 is 2.56 bits per heavy atom. The van der Waals surface area contributed by atoms with Gasteiger partial charge >= 0.3 is 0 Å². The zero-order valence-electron chi connectivity index (χ0n) is 15.2. The summed E-state index contributed by atoms with van der Waals surface area (Å²) in [4.78, 5) is 31.1. The second-order valence-corrected chi connectivity index (χ2v) is 6.01. The van der Waals surface area contributed by atoms with Gasteiger partial charge in [0, 0.05) is 17.7 Å². The highest BCUT2D eigenvalue weighted by Crippen LogP contribution is 2.17. The number of hydrogen-bond donors (Lipinski definition) is 2. The van der Waals surface area contributed by atoms with E-state index in [1.807, 2.05) is 38.1 Å². The van der Waals surface area contributed by atoms with Crippen molar-refractivity contribution in [2.24, 2.45) is 0 Å². The number of carbonyl (C=O) groups is 1. The van der Waals surface area contributed by atoms with Gasteiger partial charge in [-0.25, -0.2) is 4.98 Å². The Hall–Kier alpha value is -2.63. The summed E-state index contributed by atoms with van der Waals surface area (Å²) in [6.45, 7) is 8.02. The van der Waals surface area contributed by atoms with Crippen LogP contribution in [-0.2, 0) is 11.2 Å². The smallest absolute Gasteiger partial charge is 0.254 e. The molecule has 0 spiro atoms. The molecule has 1 aromatic carbocycles. The van der Waals surface area contributed by atoms with Crippen LogP contribution in [-0.4, -0.2) is 22.5 Å². The largest absolute Gasteiger partial charge is 0.494 e. The summed E-state index contributed by atoms with van der Waals surface area (Å²) in [5, 5.41) is 2.96. The van der Waals surface area contributed by atoms with Gasteiger partial charge in [0.25, 0.3) is 5.56 Å². The standard InChI is InChI=1S/C19H25N3O3/c1-5-25-16-8-6-15(7-9-16)12(2)21-18(23)11-10-17-13(3)20-14(4)22-19(17)24/h6-9,12H,5,10-11H2,1-4H3,(H,21,23)(H,20,22,24). The molecule has 25 heavy (non-hydrogen) atoms. The number of carbonyl (C=O) groups excluding carboxylic acids is 1. The first-order valence-corrected chi connectivity index (χ1v) is 8.49. The summed E-state index contributed by atoms with van der Waals surface area (Å²) in [5.74, 6) is 1.30. The van der Waals surface area contributed by atoms with E-state index in [4.69, 9.17) is 4.74 Å². The molecule has 1 aromatic heterocycles. The molecule has 0 radical (unpaired) electrons. The monoisotopic (exact) mass is 343 g/mol. The Balaban J connectivity index is 1.92. The van der Waals surface area contributed by atoms with Crippen LogP contribution in [0.5, 0.6) is 5.75 Å². The average Bonchev–Trinajstić information content (AvgIpc) is 2.54. The molecule has 0 fully saturated rings. The fourth-order valence-electron chi connectivity index (χ4n) is 2.70. The van der Waals surface area contributed by atoms with E-state index >= 15 is 0 Å². The fraction of sp³-hybridized carbons (Fsp3) is 0.421. The van der Waals surface area contributed by atoms with E-state index in [-0.39, 0.29) is 23.9 Å². The first-order valence-electron chi connectivity index (χ1n) is 8.49. The zero-order valence-corrected chi connectivity index (χ0v) is 15.2. The molecule has 0 aliphatic rings. The zero-order chi connectivity index (χ0) is 18.4. The maximum atomic E-state index is 12.2. The molecular weight excluding hydrogens is 318 g/mol. The van der Waals surface area contributed by atoms with Crippen molar-refractivity contribution < 1.29 is 9.53 Å². The van der Waals surface area contributed by atoms with Crippen LogP contribution in [0.2, 0.25) is 0 Å². The van der Waals surface area contributed by atoms with Gasteiger partial charge in [0.2, 0.25) is 5.91 Å². The molecule has 0 saturated heterocycles. The van der Waals surface area contributed by atoms with Gasteiger partial charge in [-0.3, -0.25) is 9.59 Å². The first kappa shape index (κ1) is 18.7. The first-order chi connectivity index (χ1) is 11.9. The van der Waals surface area contributed by atoms with Crippen molar-refractivity contribution in [3.63, 3.8) is 0 Å². The van der Waals surface area contributed by atoms with Crippen molar-refractivity contribution in [3.05, 3.63) is 57.3 Å². The number of ether oxygens (including phenoxy) is 1. The summed E-state index contributed by atoms with van der Waals surface area (Å²) in [6.07, 6.45) is 0.617.